The fourth-order valence-corrected chi connectivity index (χ4v) is 3.48. The topological polar surface area (TPSA) is 62.5 Å². The molecular weight excluding hydrogens is 403 g/mol. The third kappa shape index (κ3) is 4.72. The van der Waals surface area contributed by atoms with Gasteiger partial charge in [-0.15, -0.1) is 24.8 Å². The van der Waals surface area contributed by atoms with Crippen LogP contribution < -0.4 is 10.6 Å². The van der Waals surface area contributed by atoms with Gasteiger partial charge in [0.25, 0.3) is 0 Å². The largest absolute Gasteiger partial charge is 0.353 e. The number of carbonyl (C=O) groups is 1. The van der Waals surface area contributed by atoms with Gasteiger partial charge in [0, 0.05) is 42.9 Å². The number of hydrogen-bond acceptors (Lipinski definition) is 4. The summed E-state index contributed by atoms with van der Waals surface area (Å²) in [5, 5.41) is 0. The number of amides is 1. The van der Waals surface area contributed by atoms with Crippen LogP contribution >= 0.6 is 40.7 Å². The second-order valence-electron chi connectivity index (χ2n) is 5.85. The van der Waals surface area contributed by atoms with E-state index in [0.29, 0.717) is 0 Å². The molecule has 1 aromatic rings. The molecule has 1 saturated heterocycles. The number of pyridine rings is 1. The Morgan fingerprint density at radius 3 is 2.39 bits per heavy atom. The van der Waals surface area contributed by atoms with E-state index < -0.39 is 0 Å². The molecule has 1 saturated carbocycles. The molecule has 2 unspecified atom stereocenters. The van der Waals surface area contributed by atoms with Crippen molar-refractivity contribution in [2.75, 3.05) is 31.1 Å². The minimum atomic E-state index is 0. The molecule has 3 rings (SSSR count). The van der Waals surface area contributed by atoms with Crippen LogP contribution in [0.5, 0.6) is 0 Å². The zero-order valence-electron chi connectivity index (χ0n) is 12.9. The van der Waals surface area contributed by atoms with Gasteiger partial charge in [-0.2, -0.15) is 0 Å². The highest BCUT2D eigenvalue weighted by Gasteiger charge is 2.34. The Bertz CT molecular complexity index is 509. The first-order valence-corrected chi connectivity index (χ1v) is 8.35. The average Bonchev–Trinajstić information content (AvgIpc) is 2.94. The van der Waals surface area contributed by atoms with E-state index in [9.17, 15) is 4.79 Å². The summed E-state index contributed by atoms with van der Waals surface area (Å²) in [5.74, 6) is 1.27. The van der Waals surface area contributed by atoms with Gasteiger partial charge in [-0.1, -0.05) is 6.42 Å². The summed E-state index contributed by atoms with van der Waals surface area (Å²) in [6, 6.07) is 4.06. The molecule has 1 aromatic heterocycles. The molecule has 2 aliphatic rings. The van der Waals surface area contributed by atoms with Gasteiger partial charge in [-0.3, -0.25) is 4.79 Å². The van der Waals surface area contributed by atoms with Crippen LogP contribution in [-0.2, 0) is 4.79 Å². The van der Waals surface area contributed by atoms with E-state index in [0.717, 1.165) is 55.7 Å². The SMILES string of the molecule is Cl.Cl.NC1CCCC1C(=O)N1CCN(c2ccc(Br)cn2)CC1. The number of nitrogens with zero attached hydrogens (tertiary/aromatic N) is 3. The van der Waals surface area contributed by atoms with E-state index in [2.05, 4.69) is 25.8 Å². The minimum Gasteiger partial charge on any atom is -0.353 e. The Morgan fingerprint density at radius 2 is 1.87 bits per heavy atom. The molecule has 0 aromatic carbocycles. The molecule has 0 radical (unpaired) electrons. The van der Waals surface area contributed by atoms with E-state index in [1.54, 1.807) is 0 Å². The molecule has 0 bridgehead atoms. The van der Waals surface area contributed by atoms with Gasteiger partial charge >= 0.3 is 0 Å². The molecule has 0 spiro atoms. The number of nitrogens with two attached hydrogens (primary N) is 1. The second-order valence-corrected chi connectivity index (χ2v) is 6.76. The summed E-state index contributed by atoms with van der Waals surface area (Å²) in [6.45, 7) is 3.20. The fourth-order valence-electron chi connectivity index (χ4n) is 3.24. The fraction of sp³-hybridized carbons (Fsp3) is 0.600. The minimum absolute atomic E-state index is 0. The summed E-state index contributed by atoms with van der Waals surface area (Å²) in [4.78, 5) is 21.1. The van der Waals surface area contributed by atoms with Crippen molar-refractivity contribution in [1.29, 1.82) is 0 Å². The lowest BCUT2D eigenvalue weighted by molar-refractivity contribution is -0.136. The smallest absolute Gasteiger partial charge is 0.227 e. The Labute approximate surface area is 157 Å². The summed E-state index contributed by atoms with van der Waals surface area (Å²) in [6.07, 6.45) is 4.83. The zero-order valence-corrected chi connectivity index (χ0v) is 16.1. The lowest BCUT2D eigenvalue weighted by Gasteiger charge is -2.37. The van der Waals surface area contributed by atoms with Crippen molar-refractivity contribution in [1.82, 2.24) is 9.88 Å². The molecule has 2 heterocycles. The Balaban J connectivity index is 0.00000132. The van der Waals surface area contributed by atoms with Crippen LogP contribution in [-0.4, -0.2) is 48.0 Å². The maximum Gasteiger partial charge on any atom is 0.227 e. The molecular formula is C15H23BrCl2N4O. The number of halogens is 3. The molecule has 1 aliphatic heterocycles. The standard InChI is InChI=1S/C15H21BrN4O.2ClH/c16-11-4-5-14(18-10-11)19-6-8-20(9-7-19)15(21)12-2-1-3-13(12)17;;/h4-5,10,12-13H,1-3,6-9,17H2;2*1H. The maximum atomic E-state index is 12.5. The Hall–Kier alpha value is -0.560. The molecule has 23 heavy (non-hydrogen) atoms. The molecule has 8 heteroatoms. The van der Waals surface area contributed by atoms with Crippen molar-refractivity contribution < 1.29 is 4.79 Å². The number of rotatable bonds is 2. The van der Waals surface area contributed by atoms with Crippen molar-refractivity contribution >= 4 is 52.5 Å². The van der Waals surface area contributed by atoms with Gasteiger partial charge < -0.3 is 15.5 Å². The van der Waals surface area contributed by atoms with Crippen molar-refractivity contribution in [3.8, 4) is 0 Å². The van der Waals surface area contributed by atoms with Crippen LogP contribution in [0.4, 0.5) is 5.82 Å². The highest BCUT2D eigenvalue weighted by molar-refractivity contribution is 9.10. The van der Waals surface area contributed by atoms with Crippen LogP contribution in [0.2, 0.25) is 0 Å². The van der Waals surface area contributed by atoms with Crippen molar-refractivity contribution in [2.45, 2.75) is 25.3 Å². The first kappa shape index (κ1) is 20.5. The predicted molar refractivity (Wildman–Crippen MR) is 101 cm³/mol. The normalized spacial score (nSPS) is 23.9. The van der Waals surface area contributed by atoms with Gasteiger partial charge in [0.15, 0.2) is 0 Å². The number of aromatic nitrogens is 1. The number of carbonyl (C=O) groups excluding carboxylic acids is 1. The summed E-state index contributed by atoms with van der Waals surface area (Å²) in [5.41, 5.74) is 6.05. The number of anilines is 1. The van der Waals surface area contributed by atoms with Crippen LogP contribution in [0.3, 0.4) is 0 Å². The monoisotopic (exact) mass is 424 g/mol. The van der Waals surface area contributed by atoms with E-state index in [1.807, 2.05) is 23.2 Å². The van der Waals surface area contributed by atoms with Gasteiger partial charge in [-0.05, 0) is 40.9 Å². The van der Waals surface area contributed by atoms with E-state index in [-0.39, 0.29) is 42.7 Å². The molecule has 2 atom stereocenters. The van der Waals surface area contributed by atoms with Gasteiger partial charge in [0.2, 0.25) is 5.91 Å². The lowest BCUT2D eigenvalue weighted by atomic mass is 10.0. The third-order valence-electron chi connectivity index (χ3n) is 4.51. The lowest BCUT2D eigenvalue weighted by Crippen LogP contribution is -2.52. The number of hydrogen-bond donors (Lipinski definition) is 1. The highest BCUT2D eigenvalue weighted by atomic mass is 79.9. The van der Waals surface area contributed by atoms with Gasteiger partial charge in [0.05, 0.1) is 5.92 Å². The molecule has 1 amide bonds. The molecule has 5 nitrogen and oxygen atoms in total. The first-order chi connectivity index (χ1) is 10.1. The van der Waals surface area contributed by atoms with Crippen LogP contribution in [0, 0.1) is 5.92 Å². The average molecular weight is 426 g/mol. The van der Waals surface area contributed by atoms with Crippen LogP contribution in [0.25, 0.3) is 0 Å². The molecule has 130 valence electrons. The van der Waals surface area contributed by atoms with Gasteiger partial charge in [0.1, 0.15) is 5.82 Å². The van der Waals surface area contributed by atoms with E-state index in [1.165, 1.54) is 0 Å². The van der Waals surface area contributed by atoms with Crippen molar-refractivity contribution in [2.24, 2.45) is 11.7 Å². The predicted octanol–water partition coefficient (Wildman–Crippen LogP) is 2.46. The van der Waals surface area contributed by atoms with E-state index >= 15 is 0 Å². The summed E-state index contributed by atoms with van der Waals surface area (Å²) < 4.78 is 0.982. The zero-order chi connectivity index (χ0) is 14.8. The summed E-state index contributed by atoms with van der Waals surface area (Å²) in [7, 11) is 0. The Morgan fingerprint density at radius 1 is 1.17 bits per heavy atom. The molecule has 2 N–H and O–H groups in total. The molecule has 2 fully saturated rings. The third-order valence-corrected chi connectivity index (χ3v) is 4.98. The second kappa shape index (κ2) is 9.06. The number of piperazine rings is 1. The maximum absolute atomic E-state index is 12.5. The highest BCUT2D eigenvalue weighted by Crippen LogP contribution is 2.26. The first-order valence-electron chi connectivity index (χ1n) is 7.56. The van der Waals surface area contributed by atoms with Crippen molar-refractivity contribution in [3.63, 3.8) is 0 Å². The van der Waals surface area contributed by atoms with Crippen LogP contribution in [0.1, 0.15) is 19.3 Å². The van der Waals surface area contributed by atoms with Gasteiger partial charge in [-0.25, -0.2) is 4.98 Å². The van der Waals surface area contributed by atoms with Crippen LogP contribution in [0.15, 0.2) is 22.8 Å². The van der Waals surface area contributed by atoms with E-state index in [4.69, 9.17) is 5.73 Å². The molecule has 1 aliphatic carbocycles. The quantitative estimate of drug-likeness (QED) is 0.790. The van der Waals surface area contributed by atoms with Crippen molar-refractivity contribution in [3.05, 3.63) is 22.8 Å². The summed E-state index contributed by atoms with van der Waals surface area (Å²) >= 11 is 3.40. The Kier molecular flexibility index (Phi) is 8.07.